The van der Waals surface area contributed by atoms with Crippen LogP contribution in [-0.2, 0) is 9.53 Å². The highest BCUT2D eigenvalue weighted by Gasteiger charge is 2.17. The molecule has 1 unspecified atom stereocenters. The van der Waals surface area contributed by atoms with E-state index in [2.05, 4.69) is 0 Å². The Kier molecular flexibility index (Phi) is 5.23. The molecule has 1 heterocycles. The quantitative estimate of drug-likeness (QED) is 0.918. The second-order valence-electron chi connectivity index (χ2n) is 4.65. The van der Waals surface area contributed by atoms with Crippen LogP contribution < -0.4 is 4.74 Å². The van der Waals surface area contributed by atoms with E-state index in [0.29, 0.717) is 42.6 Å². The van der Waals surface area contributed by atoms with Crippen molar-refractivity contribution in [2.45, 2.75) is 13.0 Å². The average Bonchev–Trinajstić information content (AvgIpc) is 2.46. The standard InChI is InChI=1S/C14H18ClNO4/c1-10(17)11-2-3-13(12(15)8-11)20-9-14(18)16-4-6-19-7-5-16/h2-3,8,10,17H,4-7,9H2,1H3. The molecular weight excluding hydrogens is 282 g/mol. The van der Waals surface area contributed by atoms with E-state index < -0.39 is 6.10 Å². The van der Waals surface area contributed by atoms with E-state index in [4.69, 9.17) is 21.1 Å². The number of benzene rings is 1. The van der Waals surface area contributed by atoms with Crippen molar-refractivity contribution >= 4 is 17.5 Å². The summed E-state index contributed by atoms with van der Waals surface area (Å²) < 4.78 is 10.6. The van der Waals surface area contributed by atoms with E-state index in [1.165, 1.54) is 0 Å². The fourth-order valence-corrected chi connectivity index (χ4v) is 2.18. The first-order valence-electron chi connectivity index (χ1n) is 6.54. The minimum absolute atomic E-state index is 0.0479. The Morgan fingerprint density at radius 3 is 2.80 bits per heavy atom. The SMILES string of the molecule is CC(O)c1ccc(OCC(=O)N2CCOCC2)c(Cl)c1. The maximum absolute atomic E-state index is 11.9. The molecular formula is C14H18ClNO4. The lowest BCUT2D eigenvalue weighted by molar-refractivity contribution is -0.137. The Morgan fingerprint density at radius 1 is 1.50 bits per heavy atom. The Hall–Kier alpha value is -1.30. The summed E-state index contributed by atoms with van der Waals surface area (Å²) in [6, 6.07) is 5.03. The number of nitrogens with zero attached hydrogens (tertiary/aromatic N) is 1. The third-order valence-electron chi connectivity index (χ3n) is 3.15. The normalized spacial score (nSPS) is 16.9. The van der Waals surface area contributed by atoms with Crippen molar-refractivity contribution in [3.63, 3.8) is 0 Å². The zero-order chi connectivity index (χ0) is 14.5. The van der Waals surface area contributed by atoms with Crippen LogP contribution in [0.2, 0.25) is 5.02 Å². The number of rotatable bonds is 4. The minimum atomic E-state index is -0.587. The zero-order valence-electron chi connectivity index (χ0n) is 11.3. The van der Waals surface area contributed by atoms with Gasteiger partial charge >= 0.3 is 0 Å². The van der Waals surface area contributed by atoms with Crippen LogP contribution in [0.1, 0.15) is 18.6 Å². The molecule has 0 saturated carbocycles. The number of ether oxygens (including phenoxy) is 2. The molecule has 0 aromatic heterocycles. The number of carbonyl (C=O) groups is 1. The van der Waals surface area contributed by atoms with Crippen LogP contribution in [0.5, 0.6) is 5.75 Å². The van der Waals surface area contributed by atoms with Gasteiger partial charge < -0.3 is 19.5 Å². The summed E-state index contributed by atoms with van der Waals surface area (Å²) >= 11 is 6.06. The molecule has 0 spiro atoms. The molecule has 1 aliphatic rings. The number of morpholine rings is 1. The lowest BCUT2D eigenvalue weighted by Gasteiger charge is -2.26. The Bertz CT molecular complexity index is 472. The van der Waals surface area contributed by atoms with E-state index in [-0.39, 0.29) is 12.5 Å². The molecule has 0 aliphatic carbocycles. The van der Waals surface area contributed by atoms with Gasteiger partial charge in [-0.05, 0) is 24.6 Å². The first-order valence-corrected chi connectivity index (χ1v) is 6.91. The highest BCUT2D eigenvalue weighted by atomic mass is 35.5. The smallest absolute Gasteiger partial charge is 0.260 e. The molecule has 110 valence electrons. The van der Waals surface area contributed by atoms with Gasteiger partial charge in [-0.3, -0.25) is 4.79 Å². The lowest BCUT2D eigenvalue weighted by Crippen LogP contribution is -2.43. The number of aliphatic hydroxyl groups excluding tert-OH is 1. The molecule has 0 radical (unpaired) electrons. The molecule has 1 amide bonds. The molecule has 1 aromatic carbocycles. The van der Waals surface area contributed by atoms with Gasteiger partial charge in [0.2, 0.25) is 0 Å². The number of hydrogen-bond acceptors (Lipinski definition) is 4. The summed E-state index contributed by atoms with van der Waals surface area (Å²) in [7, 11) is 0. The van der Waals surface area contributed by atoms with E-state index >= 15 is 0 Å². The van der Waals surface area contributed by atoms with Crippen LogP contribution in [0.25, 0.3) is 0 Å². The molecule has 2 rings (SSSR count). The van der Waals surface area contributed by atoms with Crippen LogP contribution in [-0.4, -0.2) is 48.8 Å². The number of aliphatic hydroxyl groups is 1. The van der Waals surface area contributed by atoms with Gasteiger partial charge in [-0.1, -0.05) is 17.7 Å². The molecule has 6 heteroatoms. The van der Waals surface area contributed by atoms with Gasteiger partial charge in [-0.15, -0.1) is 0 Å². The van der Waals surface area contributed by atoms with Crippen molar-refractivity contribution in [1.82, 2.24) is 4.90 Å². The predicted molar refractivity (Wildman–Crippen MR) is 75.0 cm³/mol. The third kappa shape index (κ3) is 3.85. The van der Waals surface area contributed by atoms with E-state index in [1.54, 1.807) is 30.0 Å². The Labute approximate surface area is 123 Å². The largest absolute Gasteiger partial charge is 0.482 e. The summed E-state index contributed by atoms with van der Waals surface area (Å²) in [6.45, 7) is 3.93. The molecule has 5 nitrogen and oxygen atoms in total. The fourth-order valence-electron chi connectivity index (χ4n) is 1.94. The first kappa shape index (κ1) is 15.1. The molecule has 0 bridgehead atoms. The van der Waals surface area contributed by atoms with Gasteiger partial charge in [-0.25, -0.2) is 0 Å². The summed E-state index contributed by atoms with van der Waals surface area (Å²) in [5, 5.41) is 9.84. The highest BCUT2D eigenvalue weighted by Crippen LogP contribution is 2.27. The maximum atomic E-state index is 11.9. The van der Waals surface area contributed by atoms with Gasteiger partial charge in [0.25, 0.3) is 5.91 Å². The monoisotopic (exact) mass is 299 g/mol. The highest BCUT2D eigenvalue weighted by molar-refractivity contribution is 6.32. The van der Waals surface area contributed by atoms with Crippen molar-refractivity contribution in [2.24, 2.45) is 0 Å². The van der Waals surface area contributed by atoms with Crippen molar-refractivity contribution in [3.8, 4) is 5.75 Å². The van der Waals surface area contributed by atoms with Crippen LogP contribution in [0, 0.1) is 0 Å². The first-order chi connectivity index (χ1) is 9.58. The second-order valence-corrected chi connectivity index (χ2v) is 5.05. The van der Waals surface area contributed by atoms with E-state index in [9.17, 15) is 9.90 Å². The van der Waals surface area contributed by atoms with Crippen molar-refractivity contribution in [2.75, 3.05) is 32.9 Å². The topological polar surface area (TPSA) is 59.0 Å². The van der Waals surface area contributed by atoms with Crippen molar-refractivity contribution in [1.29, 1.82) is 0 Å². The molecule has 1 N–H and O–H groups in total. The van der Waals surface area contributed by atoms with Crippen molar-refractivity contribution < 1.29 is 19.4 Å². The molecule has 1 aliphatic heterocycles. The van der Waals surface area contributed by atoms with Crippen LogP contribution in [0.15, 0.2) is 18.2 Å². The van der Waals surface area contributed by atoms with Gasteiger partial charge in [0.05, 0.1) is 24.3 Å². The summed E-state index contributed by atoms with van der Waals surface area (Å²) in [6.07, 6.45) is -0.587. The second kappa shape index (κ2) is 6.92. The van der Waals surface area contributed by atoms with Crippen LogP contribution in [0.3, 0.4) is 0 Å². The number of hydrogen-bond donors (Lipinski definition) is 1. The minimum Gasteiger partial charge on any atom is -0.482 e. The van der Waals surface area contributed by atoms with Crippen LogP contribution >= 0.6 is 11.6 Å². The van der Waals surface area contributed by atoms with Gasteiger partial charge in [0.1, 0.15) is 5.75 Å². The average molecular weight is 300 g/mol. The molecule has 1 saturated heterocycles. The predicted octanol–water partition coefficient (Wildman–Crippen LogP) is 1.63. The third-order valence-corrected chi connectivity index (χ3v) is 3.45. The summed E-state index contributed by atoms with van der Waals surface area (Å²) in [5.74, 6) is 0.363. The Morgan fingerprint density at radius 2 is 2.20 bits per heavy atom. The zero-order valence-corrected chi connectivity index (χ0v) is 12.1. The fraction of sp³-hybridized carbons (Fsp3) is 0.500. The van der Waals surface area contributed by atoms with Gasteiger partial charge in [-0.2, -0.15) is 0 Å². The maximum Gasteiger partial charge on any atom is 0.260 e. The molecule has 20 heavy (non-hydrogen) atoms. The lowest BCUT2D eigenvalue weighted by atomic mass is 10.1. The number of amides is 1. The summed E-state index contributed by atoms with van der Waals surface area (Å²) in [4.78, 5) is 13.6. The molecule has 1 fully saturated rings. The molecule has 1 aromatic rings. The summed E-state index contributed by atoms with van der Waals surface area (Å²) in [5.41, 5.74) is 0.710. The number of halogens is 1. The van der Waals surface area contributed by atoms with Gasteiger partial charge in [0, 0.05) is 13.1 Å². The van der Waals surface area contributed by atoms with E-state index in [0.717, 1.165) is 0 Å². The van der Waals surface area contributed by atoms with Crippen molar-refractivity contribution in [3.05, 3.63) is 28.8 Å². The Balaban J connectivity index is 1.91. The number of carbonyl (C=O) groups excluding carboxylic acids is 1. The van der Waals surface area contributed by atoms with Gasteiger partial charge in [0.15, 0.2) is 6.61 Å². The van der Waals surface area contributed by atoms with Crippen LogP contribution in [0.4, 0.5) is 0 Å². The van der Waals surface area contributed by atoms with E-state index in [1.807, 2.05) is 0 Å². The molecule has 1 atom stereocenters.